The Labute approximate surface area is 69.4 Å². The minimum atomic E-state index is 1.18. The molecule has 3 aliphatic carbocycles. The fourth-order valence-corrected chi connectivity index (χ4v) is 4.23. The maximum absolute atomic E-state index is 1.62. The van der Waals surface area contributed by atoms with Gasteiger partial charge in [0.15, 0.2) is 0 Å². The fraction of sp³-hybridized carbons (Fsp3) is 1.00. The standard InChI is InChI=1S/C11H18/c1-3-8-7-9(4-1)11-6-2-5-10(8)11/h8-11H,1-7H2/t8-,9+,10-,11+. The minimum Gasteiger partial charge on any atom is -0.0528 e. The molecule has 0 N–H and O–H groups in total. The van der Waals surface area contributed by atoms with E-state index in [1.807, 2.05) is 0 Å². The van der Waals surface area contributed by atoms with Gasteiger partial charge in [0, 0.05) is 0 Å². The van der Waals surface area contributed by atoms with Crippen LogP contribution in [0.3, 0.4) is 0 Å². The molecule has 3 rings (SSSR count). The quantitative estimate of drug-likeness (QED) is 0.497. The summed E-state index contributed by atoms with van der Waals surface area (Å²) in [7, 11) is 0. The topological polar surface area (TPSA) is 0 Å². The Hall–Kier alpha value is 0. The average molecular weight is 150 g/mol. The lowest BCUT2D eigenvalue weighted by atomic mass is 9.85. The van der Waals surface area contributed by atoms with Crippen LogP contribution in [0.15, 0.2) is 0 Å². The van der Waals surface area contributed by atoms with Crippen LogP contribution < -0.4 is 0 Å². The Morgan fingerprint density at radius 2 is 1.18 bits per heavy atom. The molecule has 0 heterocycles. The van der Waals surface area contributed by atoms with Gasteiger partial charge >= 0.3 is 0 Å². The summed E-state index contributed by atoms with van der Waals surface area (Å²) in [6.07, 6.45) is 11.1. The first-order chi connectivity index (χ1) is 5.45. The third-order valence-electron chi connectivity index (χ3n) is 4.59. The van der Waals surface area contributed by atoms with Crippen LogP contribution in [-0.4, -0.2) is 0 Å². The molecule has 0 aromatic carbocycles. The SMILES string of the molecule is C1C[C@@H]2C[C@H](C1)[C@@H]1CCC[C@H]21. The lowest BCUT2D eigenvalue weighted by Gasteiger charge is -2.20. The van der Waals surface area contributed by atoms with Crippen molar-refractivity contribution >= 4 is 0 Å². The summed E-state index contributed by atoms with van der Waals surface area (Å²) in [5.41, 5.74) is 0. The second-order valence-corrected chi connectivity index (χ2v) is 4.95. The molecule has 0 saturated heterocycles. The highest BCUT2D eigenvalue weighted by Gasteiger charge is 2.46. The molecule has 3 fully saturated rings. The van der Waals surface area contributed by atoms with Gasteiger partial charge in [-0.25, -0.2) is 0 Å². The van der Waals surface area contributed by atoms with Gasteiger partial charge in [0.25, 0.3) is 0 Å². The van der Waals surface area contributed by atoms with Gasteiger partial charge in [-0.05, 0) is 42.9 Å². The third kappa shape index (κ3) is 0.816. The van der Waals surface area contributed by atoms with Gasteiger partial charge in [0.2, 0.25) is 0 Å². The third-order valence-corrected chi connectivity index (χ3v) is 4.59. The van der Waals surface area contributed by atoms with Gasteiger partial charge in [-0.2, -0.15) is 0 Å². The van der Waals surface area contributed by atoms with Crippen molar-refractivity contribution in [1.82, 2.24) is 0 Å². The maximum Gasteiger partial charge on any atom is -0.0355 e. The molecule has 0 aliphatic heterocycles. The van der Waals surface area contributed by atoms with Crippen LogP contribution in [-0.2, 0) is 0 Å². The van der Waals surface area contributed by atoms with Gasteiger partial charge in [-0.3, -0.25) is 0 Å². The zero-order chi connectivity index (χ0) is 7.26. The van der Waals surface area contributed by atoms with E-state index >= 15 is 0 Å². The lowest BCUT2D eigenvalue weighted by molar-refractivity contribution is 0.312. The summed E-state index contributed by atoms with van der Waals surface area (Å²) in [5, 5.41) is 0. The Morgan fingerprint density at radius 1 is 0.636 bits per heavy atom. The highest BCUT2D eigenvalue weighted by molar-refractivity contribution is 4.96. The largest absolute Gasteiger partial charge is 0.0528 e. The molecule has 62 valence electrons. The molecule has 0 nitrogen and oxygen atoms in total. The predicted molar refractivity (Wildman–Crippen MR) is 46.3 cm³/mol. The molecule has 2 bridgehead atoms. The smallest absolute Gasteiger partial charge is 0.0355 e. The Bertz CT molecular complexity index is 145. The molecule has 0 aromatic rings. The molecule has 11 heavy (non-hydrogen) atoms. The van der Waals surface area contributed by atoms with Crippen molar-refractivity contribution in [1.29, 1.82) is 0 Å². The van der Waals surface area contributed by atoms with Crippen LogP contribution in [0.2, 0.25) is 0 Å². The normalized spacial score (nSPS) is 54.5. The fourth-order valence-electron chi connectivity index (χ4n) is 4.23. The number of rotatable bonds is 0. The van der Waals surface area contributed by atoms with Gasteiger partial charge < -0.3 is 0 Å². The van der Waals surface area contributed by atoms with Gasteiger partial charge in [0.05, 0.1) is 0 Å². The first kappa shape index (κ1) is 6.51. The lowest BCUT2D eigenvalue weighted by Crippen LogP contribution is -2.08. The zero-order valence-corrected chi connectivity index (χ0v) is 7.26. The minimum absolute atomic E-state index is 1.18. The second-order valence-electron chi connectivity index (χ2n) is 4.95. The van der Waals surface area contributed by atoms with Crippen LogP contribution in [0.25, 0.3) is 0 Å². The van der Waals surface area contributed by atoms with Crippen LogP contribution in [0.1, 0.15) is 44.9 Å². The number of hydrogen-bond acceptors (Lipinski definition) is 0. The summed E-state index contributed by atoms with van der Waals surface area (Å²) in [6, 6.07) is 0. The Balaban J connectivity index is 1.88. The predicted octanol–water partition coefficient (Wildman–Crippen LogP) is 3.22. The molecule has 3 saturated carbocycles. The van der Waals surface area contributed by atoms with Crippen LogP contribution in [0.4, 0.5) is 0 Å². The molecule has 0 radical (unpaired) electrons. The van der Waals surface area contributed by atoms with Crippen molar-refractivity contribution in [2.75, 3.05) is 0 Å². The Morgan fingerprint density at radius 3 is 1.82 bits per heavy atom. The van der Waals surface area contributed by atoms with E-state index in [2.05, 4.69) is 0 Å². The van der Waals surface area contributed by atoms with Crippen molar-refractivity contribution in [2.24, 2.45) is 23.7 Å². The van der Waals surface area contributed by atoms with E-state index in [1.54, 1.807) is 44.9 Å². The van der Waals surface area contributed by atoms with E-state index in [4.69, 9.17) is 0 Å². The maximum atomic E-state index is 1.62. The second kappa shape index (κ2) is 2.24. The summed E-state index contributed by atoms with van der Waals surface area (Å²) >= 11 is 0. The van der Waals surface area contributed by atoms with E-state index in [0.717, 1.165) is 0 Å². The summed E-state index contributed by atoms with van der Waals surface area (Å²) in [4.78, 5) is 0. The summed E-state index contributed by atoms with van der Waals surface area (Å²) in [6.45, 7) is 0. The van der Waals surface area contributed by atoms with Gasteiger partial charge in [0.1, 0.15) is 0 Å². The highest BCUT2D eigenvalue weighted by Crippen LogP contribution is 2.56. The number of hydrogen-bond donors (Lipinski definition) is 0. The van der Waals surface area contributed by atoms with E-state index in [1.165, 1.54) is 23.7 Å². The average Bonchev–Trinajstić information content (AvgIpc) is 2.58. The van der Waals surface area contributed by atoms with Crippen molar-refractivity contribution in [3.8, 4) is 0 Å². The van der Waals surface area contributed by atoms with Crippen molar-refractivity contribution in [3.05, 3.63) is 0 Å². The molecule has 3 aliphatic rings. The van der Waals surface area contributed by atoms with Crippen molar-refractivity contribution in [2.45, 2.75) is 44.9 Å². The van der Waals surface area contributed by atoms with Gasteiger partial charge in [-0.1, -0.05) is 25.7 Å². The first-order valence-corrected chi connectivity index (χ1v) is 5.45. The Kier molecular flexibility index (Phi) is 1.33. The molecule has 0 spiro atoms. The zero-order valence-electron chi connectivity index (χ0n) is 7.26. The van der Waals surface area contributed by atoms with E-state index in [9.17, 15) is 0 Å². The van der Waals surface area contributed by atoms with Crippen molar-refractivity contribution in [3.63, 3.8) is 0 Å². The molecule has 0 heteroatoms. The van der Waals surface area contributed by atoms with Crippen LogP contribution >= 0.6 is 0 Å². The molecule has 0 unspecified atom stereocenters. The summed E-state index contributed by atoms with van der Waals surface area (Å²) in [5.74, 6) is 4.76. The molecular weight excluding hydrogens is 132 g/mol. The number of fused-ring (bicyclic) bond motifs is 5. The van der Waals surface area contributed by atoms with Crippen LogP contribution in [0, 0.1) is 23.7 Å². The molecule has 0 aromatic heterocycles. The molecule has 4 atom stereocenters. The molecule has 0 amide bonds. The van der Waals surface area contributed by atoms with E-state index in [-0.39, 0.29) is 0 Å². The highest BCUT2D eigenvalue weighted by atomic mass is 14.5. The van der Waals surface area contributed by atoms with Crippen molar-refractivity contribution < 1.29 is 0 Å². The van der Waals surface area contributed by atoms with E-state index < -0.39 is 0 Å². The molecular formula is C11H18. The van der Waals surface area contributed by atoms with Gasteiger partial charge in [-0.15, -0.1) is 0 Å². The van der Waals surface area contributed by atoms with Crippen LogP contribution in [0.5, 0.6) is 0 Å². The van der Waals surface area contributed by atoms with E-state index in [0.29, 0.717) is 0 Å². The monoisotopic (exact) mass is 150 g/mol. The summed E-state index contributed by atoms with van der Waals surface area (Å²) < 4.78 is 0. The first-order valence-electron chi connectivity index (χ1n) is 5.45.